The van der Waals surface area contributed by atoms with Crippen LogP contribution in [-0.4, -0.2) is 11.7 Å². The van der Waals surface area contributed by atoms with Gasteiger partial charge < -0.3 is 5.11 Å². The molecule has 0 saturated heterocycles. The van der Waals surface area contributed by atoms with Crippen molar-refractivity contribution in [1.29, 1.82) is 0 Å². The van der Waals surface area contributed by atoms with Crippen LogP contribution in [0.1, 0.15) is 17.0 Å². The first-order valence-corrected chi connectivity index (χ1v) is 6.91. The third kappa shape index (κ3) is 3.18. The van der Waals surface area contributed by atoms with Crippen LogP contribution in [0, 0.1) is 0 Å². The van der Waals surface area contributed by atoms with Crippen LogP contribution in [0.3, 0.4) is 0 Å². The molecule has 1 nitrogen and oxygen atoms in total. The van der Waals surface area contributed by atoms with Crippen LogP contribution in [0.5, 0.6) is 0 Å². The summed E-state index contributed by atoms with van der Waals surface area (Å²) in [6.07, 6.45) is 0. The molecule has 88 valence electrons. The number of hydrogen-bond acceptors (Lipinski definition) is 1. The summed E-state index contributed by atoms with van der Waals surface area (Å²) in [6, 6.07) is 16.1. The van der Waals surface area contributed by atoms with Gasteiger partial charge in [-0.3, -0.25) is 0 Å². The van der Waals surface area contributed by atoms with E-state index in [1.807, 2.05) is 48.5 Å². The smallest absolute Gasteiger partial charge is 0.0540 e. The molecule has 2 rings (SSSR count). The Morgan fingerprint density at radius 3 is 1.71 bits per heavy atom. The highest BCUT2D eigenvalue weighted by atomic mass is 79.9. The summed E-state index contributed by atoms with van der Waals surface area (Å²) in [7, 11) is 0. The third-order valence-electron chi connectivity index (χ3n) is 2.68. The predicted octanol–water partition coefficient (Wildman–Crippen LogP) is 4.34. The second-order valence-electron chi connectivity index (χ2n) is 3.85. The molecular weight excluding hydrogens is 344 g/mol. The lowest BCUT2D eigenvalue weighted by atomic mass is 9.92. The van der Waals surface area contributed by atoms with Crippen LogP contribution in [-0.2, 0) is 0 Å². The van der Waals surface area contributed by atoms with Gasteiger partial charge in [-0.15, -0.1) is 0 Å². The summed E-state index contributed by atoms with van der Waals surface area (Å²) in [6.45, 7) is 0.104. The van der Waals surface area contributed by atoms with Gasteiger partial charge >= 0.3 is 0 Å². The number of benzene rings is 2. The number of aliphatic hydroxyl groups excluding tert-OH is 1. The van der Waals surface area contributed by atoms with Gasteiger partial charge in [-0.05, 0) is 35.4 Å². The molecule has 0 fully saturated rings. The van der Waals surface area contributed by atoms with Gasteiger partial charge in [-0.25, -0.2) is 0 Å². The highest BCUT2D eigenvalue weighted by Crippen LogP contribution is 2.27. The Balaban J connectivity index is 2.40. The van der Waals surface area contributed by atoms with E-state index in [1.54, 1.807) is 0 Å². The second-order valence-corrected chi connectivity index (χ2v) is 5.68. The van der Waals surface area contributed by atoms with Gasteiger partial charge in [-0.2, -0.15) is 0 Å². The Morgan fingerprint density at radius 2 is 1.35 bits per heavy atom. The van der Waals surface area contributed by atoms with Crippen molar-refractivity contribution in [3.8, 4) is 0 Å². The lowest BCUT2D eigenvalue weighted by Gasteiger charge is -2.15. The zero-order valence-electron chi connectivity index (χ0n) is 9.11. The van der Waals surface area contributed by atoms with Crippen LogP contribution >= 0.6 is 31.9 Å². The average Bonchev–Trinajstić information content (AvgIpc) is 2.30. The molecule has 0 spiro atoms. The van der Waals surface area contributed by atoms with E-state index in [4.69, 9.17) is 0 Å². The van der Waals surface area contributed by atoms with E-state index in [0.29, 0.717) is 0 Å². The zero-order valence-corrected chi connectivity index (χ0v) is 12.3. The van der Waals surface area contributed by atoms with Crippen LogP contribution in [0.2, 0.25) is 0 Å². The summed E-state index contributed by atoms with van der Waals surface area (Å²) < 4.78 is 2.06. The molecule has 0 atom stereocenters. The van der Waals surface area contributed by atoms with Crippen molar-refractivity contribution in [3.05, 3.63) is 68.6 Å². The molecule has 0 saturated carbocycles. The fourth-order valence-corrected chi connectivity index (χ4v) is 2.68. The molecule has 2 aromatic carbocycles. The maximum Gasteiger partial charge on any atom is 0.0540 e. The Morgan fingerprint density at radius 1 is 0.882 bits per heavy atom. The van der Waals surface area contributed by atoms with Crippen molar-refractivity contribution in [1.82, 2.24) is 0 Å². The molecule has 0 aliphatic rings. The summed E-state index contributed by atoms with van der Waals surface area (Å²) in [5.41, 5.74) is 2.22. The standard InChI is InChI=1S/C14H12Br2O/c15-12-5-1-3-10(7-12)14(9-17)11-4-2-6-13(16)8-11/h1-8,14,17H,9H2. The van der Waals surface area contributed by atoms with E-state index in [9.17, 15) is 5.11 Å². The molecule has 3 heteroatoms. The minimum atomic E-state index is 0.0185. The van der Waals surface area contributed by atoms with Crippen LogP contribution in [0.4, 0.5) is 0 Å². The molecule has 1 N–H and O–H groups in total. The average molecular weight is 356 g/mol. The van der Waals surface area contributed by atoms with E-state index >= 15 is 0 Å². The first-order chi connectivity index (χ1) is 8.20. The van der Waals surface area contributed by atoms with Gasteiger partial charge in [-0.1, -0.05) is 56.1 Å². The topological polar surface area (TPSA) is 20.2 Å². The van der Waals surface area contributed by atoms with Gasteiger partial charge in [0.15, 0.2) is 0 Å². The van der Waals surface area contributed by atoms with Crippen molar-refractivity contribution >= 4 is 31.9 Å². The van der Waals surface area contributed by atoms with E-state index in [2.05, 4.69) is 31.9 Å². The summed E-state index contributed by atoms with van der Waals surface area (Å²) in [5.74, 6) is 0.0185. The number of halogens is 2. The number of hydrogen-bond donors (Lipinski definition) is 1. The fraction of sp³-hybridized carbons (Fsp3) is 0.143. The Labute approximate surface area is 118 Å². The molecule has 0 aliphatic carbocycles. The van der Waals surface area contributed by atoms with E-state index in [-0.39, 0.29) is 12.5 Å². The monoisotopic (exact) mass is 354 g/mol. The largest absolute Gasteiger partial charge is 0.395 e. The molecule has 0 aromatic heterocycles. The SMILES string of the molecule is OCC(c1cccc(Br)c1)c1cccc(Br)c1. The van der Waals surface area contributed by atoms with E-state index in [0.717, 1.165) is 20.1 Å². The molecule has 0 heterocycles. The molecule has 0 bridgehead atoms. The lowest BCUT2D eigenvalue weighted by molar-refractivity contribution is 0.280. The van der Waals surface area contributed by atoms with Crippen molar-refractivity contribution in [2.45, 2.75) is 5.92 Å². The van der Waals surface area contributed by atoms with Crippen LogP contribution < -0.4 is 0 Å². The molecule has 17 heavy (non-hydrogen) atoms. The second kappa shape index (κ2) is 5.80. The van der Waals surface area contributed by atoms with Crippen LogP contribution in [0.15, 0.2) is 57.5 Å². The third-order valence-corrected chi connectivity index (χ3v) is 3.67. The molecule has 0 aliphatic heterocycles. The minimum absolute atomic E-state index is 0.0185. The van der Waals surface area contributed by atoms with Gasteiger partial charge in [0.2, 0.25) is 0 Å². The highest BCUT2D eigenvalue weighted by Gasteiger charge is 2.13. The molecule has 2 aromatic rings. The maximum atomic E-state index is 9.58. The number of rotatable bonds is 3. The van der Waals surface area contributed by atoms with E-state index < -0.39 is 0 Å². The quantitative estimate of drug-likeness (QED) is 0.868. The first-order valence-electron chi connectivity index (χ1n) is 5.32. The van der Waals surface area contributed by atoms with Gasteiger partial charge in [0, 0.05) is 14.9 Å². The van der Waals surface area contributed by atoms with Gasteiger partial charge in [0.1, 0.15) is 0 Å². The van der Waals surface area contributed by atoms with Crippen molar-refractivity contribution in [2.75, 3.05) is 6.61 Å². The Bertz CT molecular complexity index is 466. The number of aliphatic hydroxyl groups is 1. The summed E-state index contributed by atoms with van der Waals surface area (Å²) >= 11 is 6.91. The van der Waals surface area contributed by atoms with Crippen LogP contribution in [0.25, 0.3) is 0 Å². The van der Waals surface area contributed by atoms with Crippen molar-refractivity contribution < 1.29 is 5.11 Å². The summed E-state index contributed by atoms with van der Waals surface area (Å²) in [5, 5.41) is 9.58. The van der Waals surface area contributed by atoms with Gasteiger partial charge in [0.25, 0.3) is 0 Å². The Kier molecular flexibility index (Phi) is 4.37. The van der Waals surface area contributed by atoms with E-state index in [1.165, 1.54) is 0 Å². The molecule has 0 radical (unpaired) electrons. The molecule has 0 amide bonds. The minimum Gasteiger partial charge on any atom is -0.395 e. The first kappa shape index (κ1) is 12.8. The lowest BCUT2D eigenvalue weighted by Crippen LogP contribution is -2.05. The van der Waals surface area contributed by atoms with Crippen molar-refractivity contribution in [3.63, 3.8) is 0 Å². The molecular formula is C14H12Br2O. The predicted molar refractivity (Wildman–Crippen MR) is 77.2 cm³/mol. The zero-order chi connectivity index (χ0) is 12.3. The van der Waals surface area contributed by atoms with Crippen molar-refractivity contribution in [2.24, 2.45) is 0 Å². The fourth-order valence-electron chi connectivity index (χ4n) is 1.85. The Hall–Kier alpha value is -0.640. The normalized spacial score (nSPS) is 10.8. The van der Waals surface area contributed by atoms with Gasteiger partial charge in [0.05, 0.1) is 6.61 Å². The highest BCUT2D eigenvalue weighted by molar-refractivity contribution is 9.10. The summed E-state index contributed by atoms with van der Waals surface area (Å²) in [4.78, 5) is 0. The maximum absolute atomic E-state index is 9.58. The molecule has 0 unspecified atom stereocenters.